The van der Waals surface area contributed by atoms with Crippen molar-refractivity contribution in [3.05, 3.63) is 57.5 Å². The molecule has 0 radical (unpaired) electrons. The first-order valence-electron chi connectivity index (χ1n) is 6.51. The molecule has 1 aliphatic rings. The molecule has 0 saturated carbocycles. The number of anilines is 1. The number of carbonyl (C=O) groups is 1. The maximum atomic E-state index is 13.3. The molecule has 0 spiro atoms. The number of aromatic nitrogens is 2. The highest BCUT2D eigenvalue weighted by Gasteiger charge is 2.51. The standard InChI is InChI=1S/C14H9ClF3N3O2/c15-9-4-2-1-3-8(9)12(23)21-10(14(16,17)18)7-20-11(22)5-6-19-13(20)21/h1-6,10H,7H2/t10-/m0/s1. The van der Waals surface area contributed by atoms with E-state index in [9.17, 15) is 22.8 Å². The molecule has 0 saturated heterocycles. The zero-order valence-corrected chi connectivity index (χ0v) is 12.2. The Kier molecular flexibility index (Phi) is 3.63. The predicted octanol–water partition coefficient (Wildman–Crippen LogP) is 2.49. The fourth-order valence-corrected chi connectivity index (χ4v) is 2.65. The topological polar surface area (TPSA) is 55.2 Å². The highest BCUT2D eigenvalue weighted by atomic mass is 35.5. The number of carbonyl (C=O) groups excluding carboxylic acids is 1. The van der Waals surface area contributed by atoms with Crippen LogP contribution < -0.4 is 10.5 Å². The van der Waals surface area contributed by atoms with E-state index < -0.39 is 30.2 Å². The number of hydrogen-bond donors (Lipinski definition) is 0. The molecule has 0 fully saturated rings. The molecule has 0 aliphatic carbocycles. The van der Waals surface area contributed by atoms with Crippen molar-refractivity contribution in [3.63, 3.8) is 0 Å². The van der Waals surface area contributed by atoms with E-state index in [1.54, 1.807) is 6.07 Å². The summed E-state index contributed by atoms with van der Waals surface area (Å²) in [5.74, 6) is -1.30. The largest absolute Gasteiger partial charge is 0.411 e. The minimum atomic E-state index is -4.71. The van der Waals surface area contributed by atoms with Gasteiger partial charge in [0.15, 0.2) is 6.04 Å². The third-order valence-electron chi connectivity index (χ3n) is 3.50. The van der Waals surface area contributed by atoms with Crippen molar-refractivity contribution in [2.75, 3.05) is 4.90 Å². The van der Waals surface area contributed by atoms with Crippen molar-refractivity contribution in [1.29, 1.82) is 0 Å². The molecule has 1 atom stereocenters. The van der Waals surface area contributed by atoms with Crippen LogP contribution in [0.3, 0.4) is 0 Å². The van der Waals surface area contributed by atoms with Gasteiger partial charge in [-0.15, -0.1) is 0 Å². The van der Waals surface area contributed by atoms with Crippen molar-refractivity contribution in [2.45, 2.75) is 18.8 Å². The summed E-state index contributed by atoms with van der Waals surface area (Å²) >= 11 is 5.90. The second kappa shape index (κ2) is 5.38. The number of fused-ring (bicyclic) bond motifs is 1. The lowest BCUT2D eigenvalue weighted by molar-refractivity contribution is -0.147. The molecule has 2 heterocycles. The van der Waals surface area contributed by atoms with Gasteiger partial charge >= 0.3 is 6.18 Å². The highest BCUT2D eigenvalue weighted by molar-refractivity contribution is 6.34. The lowest BCUT2D eigenvalue weighted by atomic mass is 10.1. The molecule has 1 aliphatic heterocycles. The van der Waals surface area contributed by atoms with E-state index in [2.05, 4.69) is 4.98 Å². The average Bonchev–Trinajstić information content (AvgIpc) is 2.88. The van der Waals surface area contributed by atoms with Crippen molar-refractivity contribution in [3.8, 4) is 0 Å². The fraction of sp³-hybridized carbons (Fsp3) is 0.214. The van der Waals surface area contributed by atoms with Crippen LogP contribution in [-0.4, -0.2) is 27.7 Å². The zero-order valence-electron chi connectivity index (χ0n) is 11.4. The Morgan fingerprint density at radius 2 is 1.96 bits per heavy atom. The van der Waals surface area contributed by atoms with Crippen molar-refractivity contribution in [1.82, 2.24) is 9.55 Å². The summed E-state index contributed by atoms with van der Waals surface area (Å²) in [6.45, 7) is -0.693. The van der Waals surface area contributed by atoms with Gasteiger partial charge in [0.05, 0.1) is 17.1 Å². The highest BCUT2D eigenvalue weighted by Crippen LogP contribution is 2.35. The summed E-state index contributed by atoms with van der Waals surface area (Å²) in [5, 5.41) is 0.0233. The molecular weight excluding hydrogens is 335 g/mol. The SMILES string of the molecule is O=C(c1ccccc1Cl)N1c2nccc(=O)n2C[C@H]1C(F)(F)F. The van der Waals surface area contributed by atoms with Crippen molar-refractivity contribution >= 4 is 23.5 Å². The van der Waals surface area contributed by atoms with Crippen LogP contribution in [0.4, 0.5) is 19.1 Å². The van der Waals surface area contributed by atoms with Crippen LogP contribution in [0.5, 0.6) is 0 Å². The number of halogens is 4. The summed E-state index contributed by atoms with van der Waals surface area (Å²) in [5.41, 5.74) is -0.742. The molecule has 120 valence electrons. The van der Waals surface area contributed by atoms with Gasteiger partial charge in [-0.25, -0.2) is 4.98 Å². The van der Waals surface area contributed by atoms with Crippen molar-refractivity contribution in [2.24, 2.45) is 0 Å². The van der Waals surface area contributed by atoms with Gasteiger partial charge in [0.25, 0.3) is 11.5 Å². The molecule has 2 aromatic rings. The quantitative estimate of drug-likeness (QED) is 0.799. The minimum Gasteiger partial charge on any atom is -0.276 e. The van der Waals surface area contributed by atoms with E-state index in [0.29, 0.717) is 4.90 Å². The Balaban J connectivity index is 2.15. The number of benzene rings is 1. The van der Waals surface area contributed by atoms with Gasteiger partial charge < -0.3 is 0 Å². The lowest BCUT2D eigenvalue weighted by Crippen LogP contribution is -2.47. The van der Waals surface area contributed by atoms with Gasteiger partial charge in [-0.1, -0.05) is 23.7 Å². The molecule has 0 N–H and O–H groups in total. The third-order valence-corrected chi connectivity index (χ3v) is 3.83. The first kappa shape index (κ1) is 15.5. The van der Waals surface area contributed by atoms with E-state index in [1.807, 2.05) is 0 Å². The number of alkyl halides is 3. The van der Waals surface area contributed by atoms with Gasteiger partial charge in [0.1, 0.15) is 0 Å². The van der Waals surface area contributed by atoms with Crippen LogP contribution in [0.15, 0.2) is 41.3 Å². The molecule has 3 rings (SSSR count). The Bertz CT molecular complexity index is 835. The number of amides is 1. The van der Waals surface area contributed by atoms with E-state index in [1.165, 1.54) is 18.2 Å². The average molecular weight is 344 g/mol. The molecule has 0 unspecified atom stereocenters. The third kappa shape index (κ3) is 2.59. The fourth-order valence-electron chi connectivity index (χ4n) is 2.43. The van der Waals surface area contributed by atoms with Gasteiger partial charge in [-0.3, -0.25) is 19.1 Å². The van der Waals surface area contributed by atoms with Gasteiger partial charge in [0, 0.05) is 12.3 Å². The van der Waals surface area contributed by atoms with Gasteiger partial charge in [-0.05, 0) is 12.1 Å². The molecule has 1 aromatic carbocycles. The Labute approximate surface area is 132 Å². The molecule has 0 bridgehead atoms. The maximum absolute atomic E-state index is 13.3. The second-order valence-electron chi connectivity index (χ2n) is 4.91. The predicted molar refractivity (Wildman–Crippen MR) is 76.6 cm³/mol. The minimum absolute atomic E-state index is 0.0233. The monoisotopic (exact) mass is 343 g/mol. The summed E-state index contributed by atoms with van der Waals surface area (Å²) in [6, 6.07) is 4.64. The van der Waals surface area contributed by atoms with Gasteiger partial charge in [0.2, 0.25) is 5.95 Å². The molecule has 5 nitrogen and oxygen atoms in total. The Hall–Kier alpha value is -2.35. The second-order valence-corrected chi connectivity index (χ2v) is 5.31. The van der Waals surface area contributed by atoms with Crippen LogP contribution >= 0.6 is 11.6 Å². The number of nitrogens with zero attached hydrogens (tertiary/aromatic N) is 3. The smallest absolute Gasteiger partial charge is 0.276 e. The summed E-state index contributed by atoms with van der Waals surface area (Å²) < 4.78 is 40.8. The zero-order chi connectivity index (χ0) is 16.8. The molecule has 23 heavy (non-hydrogen) atoms. The normalized spacial score (nSPS) is 17.2. The number of hydrogen-bond acceptors (Lipinski definition) is 3. The Morgan fingerprint density at radius 3 is 2.61 bits per heavy atom. The lowest BCUT2D eigenvalue weighted by Gasteiger charge is -2.25. The van der Waals surface area contributed by atoms with Crippen LogP contribution in [0.2, 0.25) is 5.02 Å². The summed E-state index contributed by atoms with van der Waals surface area (Å²) in [4.78, 5) is 28.6. The molecule has 1 amide bonds. The Morgan fingerprint density at radius 1 is 1.26 bits per heavy atom. The van der Waals surface area contributed by atoms with E-state index in [0.717, 1.165) is 16.8 Å². The number of rotatable bonds is 1. The van der Waals surface area contributed by atoms with Gasteiger partial charge in [-0.2, -0.15) is 13.2 Å². The van der Waals surface area contributed by atoms with Crippen LogP contribution in [0.1, 0.15) is 10.4 Å². The molecule has 1 aromatic heterocycles. The van der Waals surface area contributed by atoms with Crippen LogP contribution in [-0.2, 0) is 6.54 Å². The first-order valence-corrected chi connectivity index (χ1v) is 6.89. The van der Waals surface area contributed by atoms with E-state index in [-0.39, 0.29) is 16.5 Å². The van der Waals surface area contributed by atoms with Crippen molar-refractivity contribution < 1.29 is 18.0 Å². The van der Waals surface area contributed by atoms with Crippen LogP contribution in [0.25, 0.3) is 0 Å². The van der Waals surface area contributed by atoms with E-state index in [4.69, 9.17) is 11.6 Å². The summed E-state index contributed by atoms with van der Waals surface area (Å²) in [6.07, 6.45) is -3.64. The maximum Gasteiger partial charge on any atom is 0.411 e. The first-order chi connectivity index (χ1) is 10.8. The molecular formula is C14H9ClF3N3O2. The summed E-state index contributed by atoms with van der Waals surface area (Å²) in [7, 11) is 0. The van der Waals surface area contributed by atoms with E-state index >= 15 is 0 Å². The molecule has 9 heteroatoms. The van der Waals surface area contributed by atoms with Crippen LogP contribution in [0, 0.1) is 0 Å².